The van der Waals surface area contributed by atoms with Crippen molar-refractivity contribution < 1.29 is 16.8 Å². The first-order valence-corrected chi connectivity index (χ1v) is 12.5. The van der Waals surface area contributed by atoms with E-state index in [2.05, 4.69) is 104 Å². The molecule has 0 fully saturated rings. The van der Waals surface area contributed by atoms with Gasteiger partial charge in [0, 0.05) is 5.39 Å². The molecule has 0 saturated carbocycles. The molecule has 0 spiro atoms. The zero-order valence-electron chi connectivity index (χ0n) is 17.6. The van der Waals surface area contributed by atoms with Gasteiger partial charge in [0.1, 0.15) is 34.5 Å². The summed E-state index contributed by atoms with van der Waals surface area (Å²) in [7, 11) is -1.90. The maximum absolute atomic E-state index is 9.25. The highest BCUT2D eigenvalue weighted by Gasteiger charge is 2.42. The molecule has 2 nitrogen and oxygen atoms in total. The van der Waals surface area contributed by atoms with Crippen LogP contribution in [-0.2, 0) is 0 Å². The Morgan fingerprint density at radius 3 is 1.94 bits per heavy atom. The lowest BCUT2D eigenvalue weighted by Gasteiger charge is -2.24. The van der Waals surface area contributed by atoms with E-state index in [1.54, 1.807) is 6.07 Å². The summed E-state index contributed by atoms with van der Waals surface area (Å²) in [6, 6.07) is 39.9. The normalized spacial score (nSPS) is 11.0. The van der Waals surface area contributed by atoms with Gasteiger partial charge < -0.3 is 16.8 Å². The molecule has 0 N–H and O–H groups in total. The van der Waals surface area contributed by atoms with Crippen LogP contribution in [-0.4, -0.2) is 6.66 Å². The summed E-state index contributed by atoms with van der Waals surface area (Å²) in [4.78, 5) is 0. The number of rotatable bonds is 4. The number of benzene rings is 4. The minimum absolute atomic E-state index is 0. The van der Waals surface area contributed by atoms with Gasteiger partial charge in [0.05, 0.1) is 23.9 Å². The van der Waals surface area contributed by atoms with E-state index in [1.807, 2.05) is 12.1 Å². The van der Waals surface area contributed by atoms with Gasteiger partial charge in [-0.05, 0) is 60.7 Å². The van der Waals surface area contributed by atoms with Crippen molar-refractivity contribution in [1.82, 2.24) is 0 Å². The lowest BCUT2D eigenvalue weighted by atomic mass is 10.1. The van der Waals surface area contributed by atoms with E-state index in [0.717, 1.165) is 22.3 Å². The van der Waals surface area contributed by atoms with Crippen LogP contribution < -0.4 is 28.3 Å². The van der Waals surface area contributed by atoms with Crippen molar-refractivity contribution in [1.29, 1.82) is 5.26 Å². The molecule has 0 saturated heterocycles. The summed E-state index contributed by atoms with van der Waals surface area (Å²) in [5.74, 6) is 0.832. The Kier molecular flexibility index (Phi) is 6.15. The second-order valence-corrected chi connectivity index (χ2v) is 11.2. The molecule has 1 aromatic heterocycles. The van der Waals surface area contributed by atoms with Gasteiger partial charge >= 0.3 is 0 Å². The largest absolute Gasteiger partial charge is 1.00 e. The average molecular weight is 454 g/mol. The number of fused-ring (bicyclic) bond motifs is 1. The number of hydrogen-bond acceptors (Lipinski definition) is 2. The molecule has 0 unspecified atom stereocenters. The van der Waals surface area contributed by atoms with Crippen LogP contribution in [0.1, 0.15) is 5.56 Å². The first-order valence-electron chi connectivity index (χ1n) is 10.2. The Morgan fingerprint density at radius 1 is 0.719 bits per heavy atom. The molecule has 5 aromatic rings. The Morgan fingerprint density at radius 2 is 1.31 bits per heavy atom. The van der Waals surface area contributed by atoms with Gasteiger partial charge in [0.2, 0.25) is 0 Å². The minimum atomic E-state index is -1.90. The highest BCUT2D eigenvalue weighted by atomic mass is 35.5. The van der Waals surface area contributed by atoms with E-state index in [9.17, 15) is 5.26 Å². The molecule has 5 rings (SSSR count). The summed E-state index contributed by atoms with van der Waals surface area (Å²) >= 11 is 0. The maximum atomic E-state index is 9.25. The fraction of sp³-hybridized carbons (Fsp3) is 0.0357. The van der Waals surface area contributed by atoms with Crippen molar-refractivity contribution in [3.05, 3.63) is 115 Å². The molecule has 0 atom stereocenters. The van der Waals surface area contributed by atoms with Crippen LogP contribution >= 0.6 is 7.26 Å². The third-order valence-electron chi connectivity index (χ3n) is 5.84. The summed E-state index contributed by atoms with van der Waals surface area (Å²) < 4.78 is 6.27. The highest BCUT2D eigenvalue weighted by molar-refractivity contribution is 7.95. The maximum Gasteiger partial charge on any atom is 0.139 e. The Bertz CT molecular complexity index is 1360. The topological polar surface area (TPSA) is 36.9 Å². The molecule has 0 aliphatic rings. The van der Waals surface area contributed by atoms with E-state index in [-0.39, 0.29) is 12.4 Å². The van der Waals surface area contributed by atoms with E-state index >= 15 is 0 Å². The van der Waals surface area contributed by atoms with Crippen LogP contribution in [0.2, 0.25) is 0 Å². The predicted octanol–water partition coefficient (Wildman–Crippen LogP) is 2.90. The van der Waals surface area contributed by atoms with Gasteiger partial charge in [-0.3, -0.25) is 0 Å². The first kappa shape index (κ1) is 21.8. The standard InChI is InChI=1S/C28H21NOP.ClH/c1-31(23-10-4-2-5-11-23,24-12-6-3-7-13-24)28-15-9-8-14-25(28)27-19-22-18-21(20-29)16-17-26(22)30-27;/h2-19H,1H3;1H/q+1;/p-1. The fourth-order valence-corrected chi connectivity index (χ4v) is 7.64. The van der Waals surface area contributed by atoms with Crippen LogP contribution in [0.5, 0.6) is 0 Å². The molecule has 1 heterocycles. The van der Waals surface area contributed by atoms with Gasteiger partial charge in [-0.2, -0.15) is 5.26 Å². The van der Waals surface area contributed by atoms with E-state index < -0.39 is 7.26 Å². The molecule has 0 aliphatic heterocycles. The van der Waals surface area contributed by atoms with Gasteiger partial charge in [0.25, 0.3) is 0 Å². The van der Waals surface area contributed by atoms with Gasteiger partial charge in [-0.15, -0.1) is 0 Å². The Hall–Kier alpha value is -3.37. The van der Waals surface area contributed by atoms with Crippen LogP contribution in [0.3, 0.4) is 0 Å². The summed E-state index contributed by atoms with van der Waals surface area (Å²) in [6.07, 6.45) is 0. The van der Waals surface area contributed by atoms with Crippen molar-refractivity contribution in [3.8, 4) is 17.4 Å². The number of halogens is 1. The summed E-state index contributed by atoms with van der Waals surface area (Å²) in [6.45, 7) is 2.38. The molecule has 4 heteroatoms. The fourth-order valence-electron chi connectivity index (χ4n) is 4.20. The molecule has 0 amide bonds. The van der Waals surface area contributed by atoms with Crippen LogP contribution in [0.4, 0.5) is 0 Å². The van der Waals surface area contributed by atoms with E-state index in [1.165, 1.54) is 15.9 Å². The highest BCUT2D eigenvalue weighted by Crippen LogP contribution is 2.53. The third kappa shape index (κ3) is 3.71. The lowest BCUT2D eigenvalue weighted by molar-refractivity contribution is -0.00000669. The predicted molar refractivity (Wildman–Crippen MR) is 131 cm³/mol. The summed E-state index contributed by atoms with van der Waals surface area (Å²) in [5, 5.41) is 14.1. The second kappa shape index (κ2) is 9.01. The van der Waals surface area contributed by atoms with Crippen LogP contribution in [0.25, 0.3) is 22.3 Å². The van der Waals surface area contributed by atoms with Crippen molar-refractivity contribution in [3.63, 3.8) is 0 Å². The second-order valence-electron chi connectivity index (χ2n) is 7.67. The van der Waals surface area contributed by atoms with Gasteiger partial charge in [-0.25, -0.2) is 0 Å². The van der Waals surface area contributed by atoms with Crippen molar-refractivity contribution in [2.24, 2.45) is 0 Å². The summed E-state index contributed by atoms with van der Waals surface area (Å²) in [5.41, 5.74) is 2.53. The molecule has 156 valence electrons. The van der Waals surface area contributed by atoms with Crippen LogP contribution in [0.15, 0.2) is 114 Å². The number of hydrogen-bond donors (Lipinski definition) is 0. The zero-order valence-corrected chi connectivity index (χ0v) is 19.2. The van der Waals surface area contributed by atoms with Gasteiger partial charge in [-0.1, -0.05) is 48.5 Å². The Balaban J connectivity index is 0.00000245. The first-order chi connectivity index (χ1) is 15.2. The SMILES string of the molecule is C[P+](c1ccccc1)(c1ccccc1)c1ccccc1-c1cc2cc(C#N)ccc2o1.[Cl-]. The van der Waals surface area contributed by atoms with Crippen molar-refractivity contribution in [2.75, 3.05) is 6.66 Å². The molecule has 0 aliphatic carbocycles. The smallest absolute Gasteiger partial charge is 0.139 e. The minimum Gasteiger partial charge on any atom is -1.00 e. The molecule has 0 bridgehead atoms. The van der Waals surface area contributed by atoms with E-state index in [0.29, 0.717) is 5.56 Å². The number of nitriles is 1. The van der Waals surface area contributed by atoms with Gasteiger partial charge in [0.15, 0.2) is 0 Å². The number of nitrogens with zero attached hydrogens (tertiary/aromatic N) is 1. The molecular formula is C28H21ClNOP. The average Bonchev–Trinajstić information content (AvgIpc) is 3.28. The van der Waals surface area contributed by atoms with Crippen LogP contribution in [0, 0.1) is 11.3 Å². The Labute approximate surface area is 194 Å². The molecule has 32 heavy (non-hydrogen) atoms. The third-order valence-corrected chi connectivity index (χ3v) is 9.86. The molecule has 0 radical (unpaired) electrons. The lowest BCUT2D eigenvalue weighted by Crippen LogP contribution is -3.00. The monoisotopic (exact) mass is 453 g/mol. The quantitative estimate of drug-likeness (QED) is 0.392. The molecule has 4 aromatic carbocycles. The zero-order chi connectivity index (χ0) is 21.3. The molecular weight excluding hydrogens is 433 g/mol. The van der Waals surface area contributed by atoms with E-state index in [4.69, 9.17) is 4.42 Å². The van der Waals surface area contributed by atoms with Crippen molar-refractivity contribution in [2.45, 2.75) is 0 Å². The number of furan rings is 1. The van der Waals surface area contributed by atoms with Crippen molar-refractivity contribution >= 4 is 34.1 Å².